The fraction of sp³-hybridized carbons (Fsp3) is 0.538. The number of ether oxygens (including phenoxy) is 1. The average Bonchev–Trinajstić information content (AvgIpc) is 2.77. The summed E-state index contributed by atoms with van der Waals surface area (Å²) in [5.74, 6) is -1.60. The summed E-state index contributed by atoms with van der Waals surface area (Å²) in [7, 11) is 0. The van der Waals surface area contributed by atoms with Gasteiger partial charge in [0.2, 0.25) is 5.82 Å². The molecule has 1 N–H and O–H groups in total. The first-order chi connectivity index (χ1) is 9.49. The fourth-order valence-corrected chi connectivity index (χ4v) is 2.29. The van der Waals surface area contributed by atoms with Crippen LogP contribution < -0.4 is 5.32 Å². The molecular weight excluding hydrogens is 270 g/mol. The summed E-state index contributed by atoms with van der Waals surface area (Å²) in [6.07, 6.45) is 1.08. The van der Waals surface area contributed by atoms with Gasteiger partial charge < -0.3 is 10.1 Å². The smallest absolute Gasteiger partial charge is 0.305 e. The van der Waals surface area contributed by atoms with E-state index < -0.39 is 22.2 Å². The van der Waals surface area contributed by atoms with Crippen molar-refractivity contribution in [2.75, 3.05) is 13.2 Å². The second-order valence-electron chi connectivity index (χ2n) is 4.91. The zero-order chi connectivity index (χ0) is 14.7. The fourth-order valence-electron chi connectivity index (χ4n) is 2.29. The number of benzene rings is 1. The van der Waals surface area contributed by atoms with Gasteiger partial charge in [-0.1, -0.05) is 0 Å². The molecule has 20 heavy (non-hydrogen) atoms. The van der Waals surface area contributed by atoms with Crippen LogP contribution in [0.3, 0.4) is 0 Å². The summed E-state index contributed by atoms with van der Waals surface area (Å²) in [6.45, 7) is 3.44. The van der Waals surface area contributed by atoms with Crippen LogP contribution in [0.1, 0.15) is 18.9 Å². The van der Waals surface area contributed by atoms with E-state index in [-0.39, 0.29) is 18.2 Å². The Morgan fingerprint density at radius 2 is 2.20 bits per heavy atom. The first-order valence-electron chi connectivity index (χ1n) is 6.43. The van der Waals surface area contributed by atoms with Crippen LogP contribution in [0.5, 0.6) is 0 Å². The summed E-state index contributed by atoms with van der Waals surface area (Å²) in [4.78, 5) is 9.76. The first kappa shape index (κ1) is 14.8. The lowest BCUT2D eigenvalue weighted by Gasteiger charge is -2.14. The summed E-state index contributed by atoms with van der Waals surface area (Å²) < 4.78 is 32.1. The van der Waals surface area contributed by atoms with Crippen LogP contribution in [0, 0.1) is 27.7 Å². The molecule has 5 nitrogen and oxygen atoms in total. The summed E-state index contributed by atoms with van der Waals surface area (Å²) in [6, 6.07) is 1.49. The Morgan fingerprint density at radius 1 is 1.45 bits per heavy atom. The van der Waals surface area contributed by atoms with E-state index in [4.69, 9.17) is 4.74 Å². The third-order valence-electron chi connectivity index (χ3n) is 3.57. The Morgan fingerprint density at radius 3 is 2.80 bits per heavy atom. The molecule has 2 atom stereocenters. The molecule has 0 amide bonds. The Labute approximate surface area is 115 Å². The average molecular weight is 286 g/mol. The Bertz CT molecular complexity index is 511. The van der Waals surface area contributed by atoms with Crippen molar-refractivity contribution in [2.45, 2.75) is 26.0 Å². The Kier molecular flexibility index (Phi) is 4.61. The van der Waals surface area contributed by atoms with Gasteiger partial charge in [-0.2, -0.15) is 4.39 Å². The summed E-state index contributed by atoms with van der Waals surface area (Å²) in [5, 5.41) is 13.7. The minimum absolute atomic E-state index is 0.0877. The molecule has 110 valence electrons. The second kappa shape index (κ2) is 6.23. The number of hydrogen-bond donors (Lipinski definition) is 1. The van der Waals surface area contributed by atoms with Crippen molar-refractivity contribution in [2.24, 2.45) is 5.92 Å². The quantitative estimate of drug-likeness (QED) is 0.666. The minimum atomic E-state index is -1.16. The monoisotopic (exact) mass is 286 g/mol. The maximum Gasteiger partial charge on any atom is 0.305 e. The van der Waals surface area contributed by atoms with Crippen molar-refractivity contribution in [1.29, 1.82) is 0 Å². The van der Waals surface area contributed by atoms with Crippen LogP contribution >= 0.6 is 0 Å². The Balaban J connectivity index is 1.98. The van der Waals surface area contributed by atoms with Crippen LogP contribution in [-0.2, 0) is 11.3 Å². The lowest BCUT2D eigenvalue weighted by molar-refractivity contribution is -0.387. The predicted molar refractivity (Wildman–Crippen MR) is 68.2 cm³/mol. The van der Waals surface area contributed by atoms with Crippen LogP contribution in [0.2, 0.25) is 0 Å². The van der Waals surface area contributed by atoms with Crippen molar-refractivity contribution in [3.05, 3.63) is 39.4 Å². The van der Waals surface area contributed by atoms with Crippen molar-refractivity contribution in [3.63, 3.8) is 0 Å². The third kappa shape index (κ3) is 3.29. The number of hydrogen-bond acceptors (Lipinski definition) is 4. The maximum absolute atomic E-state index is 13.5. The number of nitro groups is 1. The van der Waals surface area contributed by atoms with Gasteiger partial charge >= 0.3 is 5.69 Å². The van der Waals surface area contributed by atoms with Crippen LogP contribution in [0.25, 0.3) is 0 Å². The topological polar surface area (TPSA) is 64.4 Å². The molecule has 1 aliphatic rings. The first-order valence-corrected chi connectivity index (χ1v) is 6.43. The number of rotatable bonds is 5. The molecule has 0 spiro atoms. The van der Waals surface area contributed by atoms with E-state index in [0.29, 0.717) is 25.1 Å². The Hall–Kier alpha value is -1.60. The van der Waals surface area contributed by atoms with Crippen LogP contribution in [-0.4, -0.2) is 24.2 Å². The zero-order valence-corrected chi connectivity index (χ0v) is 11.1. The molecule has 1 aliphatic heterocycles. The third-order valence-corrected chi connectivity index (χ3v) is 3.57. The van der Waals surface area contributed by atoms with Gasteiger partial charge in [0.1, 0.15) is 5.82 Å². The van der Waals surface area contributed by atoms with Gasteiger partial charge in [0, 0.05) is 37.4 Å². The highest BCUT2D eigenvalue weighted by Gasteiger charge is 2.24. The highest BCUT2D eigenvalue weighted by atomic mass is 19.1. The highest BCUT2D eigenvalue weighted by Crippen LogP contribution is 2.22. The second-order valence-corrected chi connectivity index (χ2v) is 4.91. The lowest BCUT2D eigenvalue weighted by atomic mass is 10.0. The number of nitrogens with one attached hydrogen (secondary N) is 1. The molecule has 2 unspecified atom stereocenters. The van der Waals surface area contributed by atoms with Gasteiger partial charge in [0.15, 0.2) is 0 Å². The zero-order valence-electron chi connectivity index (χ0n) is 11.1. The van der Waals surface area contributed by atoms with Gasteiger partial charge in [-0.3, -0.25) is 10.1 Å². The van der Waals surface area contributed by atoms with E-state index in [2.05, 4.69) is 5.32 Å². The van der Waals surface area contributed by atoms with E-state index in [0.717, 1.165) is 12.5 Å². The van der Waals surface area contributed by atoms with Gasteiger partial charge in [0.25, 0.3) is 0 Å². The van der Waals surface area contributed by atoms with Crippen LogP contribution in [0.15, 0.2) is 12.1 Å². The molecule has 1 aromatic carbocycles. The van der Waals surface area contributed by atoms with Gasteiger partial charge in [-0.15, -0.1) is 0 Å². The molecule has 0 aliphatic carbocycles. The molecule has 2 rings (SSSR count). The molecule has 1 heterocycles. The molecule has 7 heteroatoms. The predicted octanol–water partition coefficient (Wildman–Crippen LogP) is 2.39. The van der Waals surface area contributed by atoms with Crippen LogP contribution in [0.4, 0.5) is 14.5 Å². The standard InChI is InChI=1S/C13H16F2N2O3/c1-8-9(2-3-20-8)6-16-7-10-4-13(17(18)19)12(15)5-11(10)14/h4-5,8-9,16H,2-3,6-7H2,1H3. The largest absolute Gasteiger partial charge is 0.378 e. The maximum atomic E-state index is 13.5. The number of nitrogens with zero attached hydrogens (tertiary/aromatic N) is 1. The summed E-state index contributed by atoms with van der Waals surface area (Å²) in [5.41, 5.74) is -0.620. The van der Waals surface area contributed by atoms with Crippen molar-refractivity contribution in [1.82, 2.24) is 5.32 Å². The van der Waals surface area contributed by atoms with Gasteiger partial charge in [0.05, 0.1) is 11.0 Å². The number of halogens is 2. The SMILES string of the molecule is CC1OCCC1CNCc1cc([N+](=O)[O-])c(F)cc1F. The van der Waals surface area contributed by atoms with Crippen molar-refractivity contribution in [3.8, 4) is 0 Å². The molecule has 0 aromatic heterocycles. The molecule has 0 saturated carbocycles. The van der Waals surface area contributed by atoms with Crippen molar-refractivity contribution < 1.29 is 18.4 Å². The van der Waals surface area contributed by atoms with Crippen molar-refractivity contribution >= 4 is 5.69 Å². The molecule has 1 fully saturated rings. The normalized spacial score (nSPS) is 22.1. The lowest BCUT2D eigenvalue weighted by Crippen LogP contribution is -2.27. The number of nitro benzene ring substituents is 1. The molecule has 0 radical (unpaired) electrons. The van der Waals surface area contributed by atoms with E-state index >= 15 is 0 Å². The molecular formula is C13H16F2N2O3. The van der Waals surface area contributed by atoms with Gasteiger partial charge in [-0.25, -0.2) is 4.39 Å². The van der Waals surface area contributed by atoms with E-state index in [1.807, 2.05) is 6.92 Å². The van der Waals surface area contributed by atoms with E-state index in [1.165, 1.54) is 0 Å². The molecule has 0 bridgehead atoms. The van der Waals surface area contributed by atoms with E-state index in [1.54, 1.807) is 0 Å². The summed E-state index contributed by atoms with van der Waals surface area (Å²) >= 11 is 0. The molecule has 1 aromatic rings. The van der Waals surface area contributed by atoms with Gasteiger partial charge in [-0.05, 0) is 19.3 Å². The van der Waals surface area contributed by atoms with E-state index in [9.17, 15) is 18.9 Å². The highest BCUT2D eigenvalue weighted by molar-refractivity contribution is 5.37. The minimum Gasteiger partial charge on any atom is -0.378 e. The molecule has 1 saturated heterocycles.